The first-order valence-corrected chi connectivity index (χ1v) is 7.50. The van der Waals surface area contributed by atoms with Crippen molar-refractivity contribution < 1.29 is 9.53 Å². The summed E-state index contributed by atoms with van der Waals surface area (Å²) >= 11 is 1.24. The number of carbonyl (C=O) groups excluding carboxylic acids is 1. The van der Waals surface area contributed by atoms with Crippen molar-refractivity contribution in [3.05, 3.63) is 38.2 Å². The number of pyridine rings is 1. The van der Waals surface area contributed by atoms with Crippen molar-refractivity contribution in [1.29, 1.82) is 5.26 Å². The predicted octanol–water partition coefficient (Wildman–Crippen LogP) is 0.973. The first-order valence-electron chi connectivity index (χ1n) is 6.68. The van der Waals surface area contributed by atoms with Crippen LogP contribution in [0.3, 0.4) is 0 Å². The van der Waals surface area contributed by atoms with E-state index < -0.39 is 11.5 Å². The van der Waals surface area contributed by atoms with Gasteiger partial charge in [0.1, 0.15) is 23.2 Å². The van der Waals surface area contributed by atoms with Gasteiger partial charge in [-0.15, -0.1) is 10.2 Å². The molecule has 0 bridgehead atoms. The lowest BCUT2D eigenvalue weighted by molar-refractivity contribution is -0.116. The van der Waals surface area contributed by atoms with Gasteiger partial charge in [0.15, 0.2) is 0 Å². The molecule has 0 atom stereocenters. The van der Waals surface area contributed by atoms with Gasteiger partial charge in [0.25, 0.3) is 5.56 Å². The number of amides is 1. The molecule has 0 fully saturated rings. The molecule has 1 amide bonds. The number of ether oxygens (including phenoxy) is 1. The molecule has 0 saturated carbocycles. The number of nitrogens with zero attached hydrogens (tertiary/aromatic N) is 4. The molecular formula is C14H15N5O3S. The van der Waals surface area contributed by atoms with E-state index in [0.717, 1.165) is 5.01 Å². The highest BCUT2D eigenvalue weighted by atomic mass is 32.1. The maximum Gasteiger partial charge on any atom is 0.269 e. The van der Waals surface area contributed by atoms with E-state index in [4.69, 9.17) is 4.74 Å². The molecule has 2 aromatic rings. The number of aryl methyl sites for hydroxylation is 2. The molecule has 1 N–H and O–H groups in total. The number of hydrogen-bond acceptors (Lipinski definition) is 7. The summed E-state index contributed by atoms with van der Waals surface area (Å²) in [6.45, 7) is 3.43. The topological polar surface area (TPSA) is 110 Å². The van der Waals surface area contributed by atoms with Crippen LogP contribution < -0.4 is 10.9 Å². The normalized spacial score (nSPS) is 10.3. The Morgan fingerprint density at radius 1 is 1.48 bits per heavy atom. The van der Waals surface area contributed by atoms with Crippen LogP contribution in [0, 0.1) is 25.2 Å². The Labute approximate surface area is 136 Å². The van der Waals surface area contributed by atoms with Crippen LogP contribution in [0.5, 0.6) is 0 Å². The molecule has 0 aliphatic carbocycles. The fraction of sp³-hybridized carbons (Fsp3) is 0.357. The van der Waals surface area contributed by atoms with Gasteiger partial charge in [-0.2, -0.15) is 5.26 Å². The third-order valence-electron chi connectivity index (χ3n) is 3.07. The SMILES string of the molecule is COCc1cc(C)n(CC(=O)Nc2nnc(C)s2)c(=O)c1C#N. The highest BCUT2D eigenvalue weighted by Gasteiger charge is 2.15. The van der Waals surface area contributed by atoms with Crippen molar-refractivity contribution in [3.63, 3.8) is 0 Å². The molecule has 9 heteroatoms. The summed E-state index contributed by atoms with van der Waals surface area (Å²) in [6.07, 6.45) is 0. The molecule has 2 rings (SSSR count). The Bertz CT molecular complexity index is 834. The van der Waals surface area contributed by atoms with Crippen LogP contribution in [-0.2, 0) is 22.7 Å². The maximum absolute atomic E-state index is 12.4. The zero-order chi connectivity index (χ0) is 17.0. The molecule has 2 aromatic heterocycles. The Balaban J connectivity index is 2.27. The summed E-state index contributed by atoms with van der Waals surface area (Å²) in [5.41, 5.74) is 0.554. The number of anilines is 1. The summed E-state index contributed by atoms with van der Waals surface area (Å²) in [6, 6.07) is 3.55. The number of methoxy groups -OCH3 is 1. The minimum atomic E-state index is -0.511. The first kappa shape index (κ1) is 16.8. The standard InChI is InChI=1S/C14H15N5O3S/c1-8-4-10(7-22-3)11(5-15)13(21)19(8)6-12(20)16-14-18-17-9(2)23-14/h4H,6-7H2,1-3H3,(H,16,18,20). The summed E-state index contributed by atoms with van der Waals surface area (Å²) in [4.78, 5) is 24.5. The number of rotatable bonds is 5. The van der Waals surface area contributed by atoms with Gasteiger partial charge in [0.2, 0.25) is 11.0 Å². The van der Waals surface area contributed by atoms with E-state index in [9.17, 15) is 14.9 Å². The van der Waals surface area contributed by atoms with Crippen molar-refractivity contribution in [3.8, 4) is 6.07 Å². The second kappa shape index (κ2) is 7.13. The maximum atomic E-state index is 12.4. The fourth-order valence-corrected chi connectivity index (χ4v) is 2.68. The number of hydrogen-bond donors (Lipinski definition) is 1. The van der Waals surface area contributed by atoms with E-state index in [1.807, 2.05) is 6.07 Å². The lowest BCUT2D eigenvalue weighted by atomic mass is 10.1. The molecule has 0 aliphatic heterocycles. The molecule has 0 aromatic carbocycles. The number of carbonyl (C=O) groups is 1. The van der Waals surface area contributed by atoms with E-state index in [-0.39, 0.29) is 18.7 Å². The van der Waals surface area contributed by atoms with Gasteiger partial charge in [-0.25, -0.2) is 0 Å². The molecule has 120 valence electrons. The van der Waals surface area contributed by atoms with E-state index in [0.29, 0.717) is 16.4 Å². The van der Waals surface area contributed by atoms with Gasteiger partial charge >= 0.3 is 0 Å². The van der Waals surface area contributed by atoms with E-state index in [1.165, 1.54) is 23.0 Å². The van der Waals surface area contributed by atoms with Crippen LogP contribution in [0.25, 0.3) is 0 Å². The predicted molar refractivity (Wildman–Crippen MR) is 84.1 cm³/mol. The molecular weight excluding hydrogens is 318 g/mol. The Morgan fingerprint density at radius 2 is 2.22 bits per heavy atom. The van der Waals surface area contributed by atoms with E-state index in [1.54, 1.807) is 19.9 Å². The minimum absolute atomic E-state index is 0.0167. The third kappa shape index (κ3) is 3.80. The first-order chi connectivity index (χ1) is 11.0. The molecule has 0 spiro atoms. The Hall–Kier alpha value is -2.57. The van der Waals surface area contributed by atoms with Crippen molar-refractivity contribution in [1.82, 2.24) is 14.8 Å². The summed E-state index contributed by atoms with van der Waals surface area (Å²) in [5.74, 6) is -0.408. The summed E-state index contributed by atoms with van der Waals surface area (Å²) in [7, 11) is 1.49. The highest BCUT2D eigenvalue weighted by Crippen LogP contribution is 2.14. The number of nitriles is 1. The van der Waals surface area contributed by atoms with Gasteiger partial charge in [0, 0.05) is 18.4 Å². The molecule has 0 radical (unpaired) electrons. The van der Waals surface area contributed by atoms with Crippen molar-refractivity contribution in [2.75, 3.05) is 12.4 Å². The van der Waals surface area contributed by atoms with E-state index in [2.05, 4.69) is 15.5 Å². The van der Waals surface area contributed by atoms with Crippen molar-refractivity contribution in [2.24, 2.45) is 0 Å². The number of nitrogens with one attached hydrogen (secondary N) is 1. The molecule has 0 saturated heterocycles. The van der Waals surface area contributed by atoms with Crippen LogP contribution in [0.2, 0.25) is 0 Å². The lowest BCUT2D eigenvalue weighted by Gasteiger charge is -2.12. The average Bonchev–Trinajstić information content (AvgIpc) is 2.89. The fourth-order valence-electron chi connectivity index (χ4n) is 2.07. The minimum Gasteiger partial charge on any atom is -0.380 e. The molecule has 2 heterocycles. The second-order valence-electron chi connectivity index (χ2n) is 4.80. The van der Waals surface area contributed by atoms with E-state index >= 15 is 0 Å². The molecule has 0 unspecified atom stereocenters. The van der Waals surface area contributed by atoms with Gasteiger partial charge in [-0.05, 0) is 19.9 Å². The third-order valence-corrected chi connectivity index (χ3v) is 3.83. The highest BCUT2D eigenvalue weighted by molar-refractivity contribution is 7.15. The second-order valence-corrected chi connectivity index (χ2v) is 5.98. The summed E-state index contributed by atoms with van der Waals surface area (Å²) < 4.78 is 6.24. The zero-order valence-electron chi connectivity index (χ0n) is 12.9. The van der Waals surface area contributed by atoms with Crippen LogP contribution in [0.4, 0.5) is 5.13 Å². The van der Waals surface area contributed by atoms with Gasteiger partial charge in [-0.1, -0.05) is 11.3 Å². The largest absolute Gasteiger partial charge is 0.380 e. The van der Waals surface area contributed by atoms with Gasteiger partial charge in [-0.3, -0.25) is 14.9 Å². The monoisotopic (exact) mass is 333 g/mol. The lowest BCUT2D eigenvalue weighted by Crippen LogP contribution is -2.31. The summed E-state index contributed by atoms with van der Waals surface area (Å²) in [5, 5.41) is 20.4. The van der Waals surface area contributed by atoms with Crippen LogP contribution in [0.15, 0.2) is 10.9 Å². The Kier molecular flexibility index (Phi) is 5.20. The Morgan fingerprint density at radius 3 is 2.78 bits per heavy atom. The molecule has 0 aliphatic rings. The van der Waals surface area contributed by atoms with Crippen LogP contribution in [0.1, 0.15) is 21.8 Å². The zero-order valence-corrected chi connectivity index (χ0v) is 13.7. The quantitative estimate of drug-likeness (QED) is 0.873. The smallest absolute Gasteiger partial charge is 0.269 e. The molecule has 8 nitrogen and oxygen atoms in total. The van der Waals surface area contributed by atoms with Gasteiger partial charge < -0.3 is 9.30 Å². The van der Waals surface area contributed by atoms with Gasteiger partial charge in [0.05, 0.1) is 6.61 Å². The molecule has 23 heavy (non-hydrogen) atoms. The van der Waals surface area contributed by atoms with Crippen LogP contribution >= 0.6 is 11.3 Å². The van der Waals surface area contributed by atoms with Crippen LogP contribution in [-0.4, -0.2) is 27.8 Å². The van der Waals surface area contributed by atoms with Crippen molar-refractivity contribution in [2.45, 2.75) is 27.0 Å². The van der Waals surface area contributed by atoms with Crippen molar-refractivity contribution >= 4 is 22.4 Å². The number of aromatic nitrogens is 3. The average molecular weight is 333 g/mol.